The molecule has 0 aliphatic rings. The second kappa shape index (κ2) is 11.3. The highest BCUT2D eigenvalue weighted by Gasteiger charge is 2.22. The molecule has 1 N–H and O–H groups in total. The predicted octanol–water partition coefficient (Wildman–Crippen LogP) is 6.97. The highest BCUT2D eigenvalue weighted by molar-refractivity contribution is 7.15. The van der Waals surface area contributed by atoms with Crippen LogP contribution in [0.2, 0.25) is 5.02 Å². The number of benzene rings is 2. The Hall–Kier alpha value is -2.83. The molecule has 5 nitrogen and oxygen atoms in total. The van der Waals surface area contributed by atoms with Gasteiger partial charge >= 0.3 is 5.97 Å². The third-order valence-corrected chi connectivity index (χ3v) is 6.60. The van der Waals surface area contributed by atoms with E-state index in [2.05, 4.69) is 5.32 Å². The summed E-state index contributed by atoms with van der Waals surface area (Å²) in [5.41, 5.74) is 5.10. The van der Waals surface area contributed by atoms with Crippen molar-refractivity contribution >= 4 is 39.8 Å². The molecule has 0 saturated heterocycles. The SMILES string of the molecule is CCOC(=O)c1c(-c2ccc(C)cc2)csc1NC(=O)CCCOc1cc(C)c(Cl)c(C)c1. The monoisotopic (exact) mass is 485 g/mol. The van der Waals surface area contributed by atoms with Gasteiger partial charge < -0.3 is 14.8 Å². The minimum absolute atomic E-state index is 0.176. The number of carbonyl (C=O) groups is 2. The maximum absolute atomic E-state index is 12.7. The lowest BCUT2D eigenvalue weighted by Gasteiger charge is -2.11. The first-order valence-electron chi connectivity index (χ1n) is 10.8. The molecule has 0 bridgehead atoms. The second-order valence-electron chi connectivity index (χ2n) is 7.81. The van der Waals surface area contributed by atoms with E-state index in [0.29, 0.717) is 23.6 Å². The van der Waals surface area contributed by atoms with E-state index in [1.807, 2.05) is 62.5 Å². The van der Waals surface area contributed by atoms with Crippen LogP contribution in [-0.4, -0.2) is 25.1 Å². The van der Waals surface area contributed by atoms with Gasteiger partial charge in [-0.1, -0.05) is 41.4 Å². The van der Waals surface area contributed by atoms with E-state index < -0.39 is 5.97 Å². The fourth-order valence-electron chi connectivity index (χ4n) is 3.40. The van der Waals surface area contributed by atoms with E-state index in [1.165, 1.54) is 11.3 Å². The topological polar surface area (TPSA) is 64.6 Å². The molecule has 0 aliphatic carbocycles. The highest BCUT2D eigenvalue weighted by atomic mass is 35.5. The van der Waals surface area contributed by atoms with Gasteiger partial charge in [-0.05, 0) is 62.9 Å². The quantitative estimate of drug-likeness (QED) is 0.262. The Morgan fingerprint density at radius 1 is 1.06 bits per heavy atom. The Morgan fingerprint density at radius 2 is 1.73 bits per heavy atom. The molecule has 33 heavy (non-hydrogen) atoms. The number of ether oxygens (including phenoxy) is 2. The number of rotatable bonds is 9. The summed E-state index contributed by atoms with van der Waals surface area (Å²) < 4.78 is 11.0. The molecule has 7 heteroatoms. The Morgan fingerprint density at radius 3 is 2.36 bits per heavy atom. The summed E-state index contributed by atoms with van der Waals surface area (Å²) in [5.74, 6) is 0.117. The molecule has 0 spiro atoms. The van der Waals surface area contributed by atoms with Crippen LogP contribution in [0.3, 0.4) is 0 Å². The van der Waals surface area contributed by atoms with Gasteiger partial charge in [0.2, 0.25) is 5.91 Å². The van der Waals surface area contributed by atoms with Crippen molar-refractivity contribution in [3.8, 4) is 16.9 Å². The molecule has 0 saturated carbocycles. The van der Waals surface area contributed by atoms with E-state index in [-0.39, 0.29) is 18.9 Å². The van der Waals surface area contributed by atoms with Crippen LogP contribution in [0, 0.1) is 20.8 Å². The number of halogens is 1. The Labute approximate surface area is 203 Å². The summed E-state index contributed by atoms with van der Waals surface area (Å²) in [6, 6.07) is 11.7. The highest BCUT2D eigenvalue weighted by Crippen LogP contribution is 2.36. The number of amides is 1. The number of esters is 1. The van der Waals surface area contributed by atoms with Crippen molar-refractivity contribution in [1.29, 1.82) is 0 Å². The first-order valence-corrected chi connectivity index (χ1v) is 12.1. The molecule has 0 aliphatic heterocycles. The molecule has 1 aromatic heterocycles. The lowest BCUT2D eigenvalue weighted by Crippen LogP contribution is -2.15. The van der Waals surface area contributed by atoms with Gasteiger partial charge in [0.25, 0.3) is 0 Å². The number of aryl methyl sites for hydroxylation is 3. The van der Waals surface area contributed by atoms with Crippen LogP contribution in [0.25, 0.3) is 11.1 Å². The molecular weight excluding hydrogens is 458 g/mol. The summed E-state index contributed by atoms with van der Waals surface area (Å²) in [6.07, 6.45) is 0.809. The number of nitrogens with one attached hydrogen (secondary N) is 1. The minimum Gasteiger partial charge on any atom is -0.494 e. The standard InChI is InChI=1S/C26H28ClNO4S/c1-5-31-26(30)23-21(19-10-8-16(2)9-11-19)15-33-25(23)28-22(29)7-6-12-32-20-13-17(3)24(27)18(4)14-20/h8-11,13-15H,5-7,12H2,1-4H3,(H,28,29). The minimum atomic E-state index is -0.443. The van der Waals surface area contributed by atoms with E-state index >= 15 is 0 Å². The summed E-state index contributed by atoms with van der Waals surface area (Å²) >= 11 is 7.51. The van der Waals surface area contributed by atoms with Crippen molar-refractivity contribution in [2.75, 3.05) is 18.5 Å². The summed E-state index contributed by atoms with van der Waals surface area (Å²) in [6.45, 7) is 8.30. The van der Waals surface area contributed by atoms with Gasteiger partial charge in [0.1, 0.15) is 16.3 Å². The van der Waals surface area contributed by atoms with Gasteiger partial charge in [0.15, 0.2) is 0 Å². The average molecular weight is 486 g/mol. The molecule has 3 aromatic rings. The normalized spacial score (nSPS) is 10.7. The van der Waals surface area contributed by atoms with Crippen LogP contribution in [0.4, 0.5) is 5.00 Å². The van der Waals surface area contributed by atoms with E-state index in [4.69, 9.17) is 21.1 Å². The molecular formula is C26H28ClNO4S. The molecule has 0 radical (unpaired) electrons. The lowest BCUT2D eigenvalue weighted by atomic mass is 10.0. The lowest BCUT2D eigenvalue weighted by molar-refractivity contribution is -0.116. The third-order valence-electron chi connectivity index (χ3n) is 5.11. The molecule has 174 valence electrons. The van der Waals surface area contributed by atoms with Gasteiger partial charge in [-0.15, -0.1) is 11.3 Å². The van der Waals surface area contributed by atoms with Crippen molar-refractivity contribution in [2.45, 2.75) is 40.5 Å². The largest absolute Gasteiger partial charge is 0.494 e. The molecule has 2 aromatic carbocycles. The smallest absolute Gasteiger partial charge is 0.341 e. The zero-order valence-electron chi connectivity index (χ0n) is 19.3. The number of hydrogen-bond donors (Lipinski definition) is 1. The fourth-order valence-corrected chi connectivity index (χ4v) is 4.49. The first-order chi connectivity index (χ1) is 15.8. The van der Waals surface area contributed by atoms with Crippen LogP contribution in [0.1, 0.15) is 46.8 Å². The Balaban J connectivity index is 1.64. The number of thiophene rings is 1. The maximum atomic E-state index is 12.7. The van der Waals surface area contributed by atoms with Crippen molar-refractivity contribution in [1.82, 2.24) is 0 Å². The molecule has 0 unspecified atom stereocenters. The molecule has 0 atom stereocenters. The Kier molecular flexibility index (Phi) is 8.53. The number of hydrogen-bond acceptors (Lipinski definition) is 5. The van der Waals surface area contributed by atoms with Gasteiger partial charge in [-0.25, -0.2) is 4.79 Å². The predicted molar refractivity (Wildman–Crippen MR) is 135 cm³/mol. The van der Waals surface area contributed by atoms with Crippen molar-refractivity contribution < 1.29 is 19.1 Å². The summed E-state index contributed by atoms with van der Waals surface area (Å²) in [5, 5.41) is 5.99. The van der Waals surface area contributed by atoms with Crippen LogP contribution < -0.4 is 10.1 Å². The van der Waals surface area contributed by atoms with E-state index in [1.54, 1.807) is 6.92 Å². The molecule has 3 rings (SSSR count). The second-order valence-corrected chi connectivity index (χ2v) is 9.07. The average Bonchev–Trinajstić information content (AvgIpc) is 3.19. The molecule has 1 amide bonds. The molecule has 1 heterocycles. The first kappa shape index (κ1) is 24.8. The van der Waals surface area contributed by atoms with Gasteiger partial charge in [-0.2, -0.15) is 0 Å². The van der Waals surface area contributed by atoms with Gasteiger partial charge in [0, 0.05) is 22.4 Å². The van der Waals surface area contributed by atoms with E-state index in [9.17, 15) is 9.59 Å². The van der Waals surface area contributed by atoms with Crippen molar-refractivity contribution in [3.05, 3.63) is 69.1 Å². The fraction of sp³-hybridized carbons (Fsp3) is 0.308. The van der Waals surface area contributed by atoms with Gasteiger partial charge in [-0.3, -0.25) is 4.79 Å². The third kappa shape index (κ3) is 6.36. The number of carbonyl (C=O) groups excluding carboxylic acids is 2. The van der Waals surface area contributed by atoms with Crippen molar-refractivity contribution in [2.24, 2.45) is 0 Å². The summed E-state index contributed by atoms with van der Waals surface area (Å²) in [4.78, 5) is 25.2. The maximum Gasteiger partial charge on any atom is 0.341 e. The van der Waals surface area contributed by atoms with E-state index in [0.717, 1.165) is 38.6 Å². The van der Waals surface area contributed by atoms with Crippen LogP contribution in [0.5, 0.6) is 5.75 Å². The molecule has 0 fully saturated rings. The summed E-state index contributed by atoms with van der Waals surface area (Å²) in [7, 11) is 0. The van der Waals surface area contributed by atoms with Crippen molar-refractivity contribution in [3.63, 3.8) is 0 Å². The zero-order chi connectivity index (χ0) is 24.0. The number of anilines is 1. The Bertz CT molecular complexity index is 1110. The van der Waals surface area contributed by atoms with Crippen LogP contribution >= 0.6 is 22.9 Å². The van der Waals surface area contributed by atoms with Crippen LogP contribution in [0.15, 0.2) is 41.8 Å². The van der Waals surface area contributed by atoms with Gasteiger partial charge in [0.05, 0.1) is 13.2 Å². The zero-order valence-corrected chi connectivity index (χ0v) is 20.9. The van der Waals surface area contributed by atoms with Crippen LogP contribution in [-0.2, 0) is 9.53 Å².